The summed E-state index contributed by atoms with van der Waals surface area (Å²) in [4.78, 5) is 0. The van der Waals surface area contributed by atoms with Crippen molar-refractivity contribution in [3.8, 4) is 0 Å². The monoisotopic (exact) mass is 239 g/mol. The molecule has 0 aliphatic heterocycles. The van der Waals surface area contributed by atoms with E-state index in [0.717, 1.165) is 19.3 Å². The topological polar surface area (TPSA) is 41.5 Å². The Bertz CT molecular complexity index is 227. The van der Waals surface area contributed by atoms with Gasteiger partial charge < -0.3 is 5.26 Å². The summed E-state index contributed by atoms with van der Waals surface area (Å²) in [6.45, 7) is 0. The molecular weight excluding hydrogens is 226 g/mol. The first-order valence-electron chi connectivity index (χ1n) is 5.13. The summed E-state index contributed by atoms with van der Waals surface area (Å²) in [7, 11) is 0. The Labute approximate surface area is 91.2 Å². The largest absolute Gasteiger partial charge is 0.691 e. The minimum absolute atomic E-state index is 0.0847. The number of hydrogen-bond donors (Lipinski definition) is 0. The Morgan fingerprint density at radius 2 is 2.13 bits per heavy atom. The van der Waals surface area contributed by atoms with Crippen molar-refractivity contribution < 1.29 is 23.4 Å². The summed E-state index contributed by atoms with van der Waals surface area (Å²) in [6, 6.07) is 0. The smallest absolute Gasteiger partial charge is 0.321 e. The van der Waals surface area contributed by atoms with Gasteiger partial charge in [-0.1, -0.05) is 6.42 Å². The minimum atomic E-state index is -3.01. The maximum absolute atomic E-state index is 13.2. The van der Waals surface area contributed by atoms with Gasteiger partial charge in [0.1, 0.15) is 12.0 Å². The fourth-order valence-electron chi connectivity index (χ4n) is 3.03. The average molecular weight is 239 g/mol. The van der Waals surface area contributed by atoms with Crippen molar-refractivity contribution in [2.24, 2.45) is 17.8 Å². The van der Waals surface area contributed by atoms with Gasteiger partial charge in [-0.15, -0.1) is 0 Å². The molecule has 0 radical (unpaired) electrons. The Hall–Kier alpha value is 0.0900. The highest BCUT2D eigenvalue weighted by atomic mass is 32.2. The maximum Gasteiger partial charge on any atom is 0.321 e. The van der Waals surface area contributed by atoms with Crippen LogP contribution in [-0.4, -0.2) is 5.25 Å². The Morgan fingerprint density at radius 1 is 1.33 bits per heavy atom. The Morgan fingerprint density at radius 3 is 2.67 bits per heavy atom. The van der Waals surface area contributed by atoms with Gasteiger partial charge in [0, 0.05) is 6.42 Å². The average Bonchev–Trinajstić information content (AvgIpc) is 2.75. The third kappa shape index (κ3) is 2.81. The molecule has 0 aromatic heterocycles. The van der Waals surface area contributed by atoms with Crippen LogP contribution in [0.25, 0.3) is 0 Å². The van der Waals surface area contributed by atoms with Crippen LogP contribution in [0.3, 0.4) is 0 Å². The van der Waals surface area contributed by atoms with Crippen LogP contribution in [0.15, 0.2) is 0 Å². The molecule has 0 aromatic rings. The summed E-state index contributed by atoms with van der Waals surface area (Å²) in [6.07, 6.45) is 4.07. The van der Waals surface area contributed by atoms with E-state index < -0.39 is 5.25 Å². The van der Waals surface area contributed by atoms with Gasteiger partial charge in [0.25, 0.3) is 0 Å². The van der Waals surface area contributed by atoms with Crippen molar-refractivity contribution in [1.29, 1.82) is 0 Å². The molecule has 2 rings (SSSR count). The summed E-state index contributed by atoms with van der Waals surface area (Å²) in [5.74, 6) is 1.19. The number of fused-ring (bicyclic) bond motifs is 2. The van der Waals surface area contributed by atoms with Gasteiger partial charge in [0.05, 0.1) is 0 Å². The molecule has 3 nitrogen and oxygen atoms in total. The molecule has 0 heterocycles. The third-order valence-corrected chi connectivity index (χ3v) is 4.10. The fraction of sp³-hybridized carbons (Fsp3) is 1.00. The highest BCUT2D eigenvalue weighted by molar-refractivity contribution is 7.95. The number of halogens is 2. The number of alkyl halides is 2. The van der Waals surface area contributed by atoms with E-state index in [-0.39, 0.29) is 24.4 Å². The number of hydrogen-bond acceptors (Lipinski definition) is 4. The van der Waals surface area contributed by atoms with Crippen molar-refractivity contribution >= 4 is 12.0 Å². The first-order chi connectivity index (χ1) is 7.11. The second-order valence-corrected chi connectivity index (χ2v) is 5.40. The molecular formula is C9H13F2O3S-. The van der Waals surface area contributed by atoms with Crippen LogP contribution in [-0.2, 0) is 9.37 Å². The summed E-state index contributed by atoms with van der Waals surface area (Å²) in [5, 5.41) is 9.39. The molecule has 2 saturated carbocycles. The zero-order valence-corrected chi connectivity index (χ0v) is 8.97. The number of rotatable bonds is 5. The molecule has 0 N–H and O–H groups in total. The van der Waals surface area contributed by atoms with Gasteiger partial charge in [0.15, 0.2) is 0 Å². The first-order valence-corrected chi connectivity index (χ1v) is 5.87. The molecule has 3 unspecified atom stereocenters. The molecule has 2 aliphatic carbocycles. The minimum Gasteiger partial charge on any atom is -0.691 e. The molecule has 3 atom stereocenters. The quantitative estimate of drug-likeness (QED) is 0.419. The molecule has 0 spiro atoms. The lowest BCUT2D eigenvalue weighted by molar-refractivity contribution is -0.777. The highest BCUT2D eigenvalue weighted by Crippen LogP contribution is 2.52. The molecule has 2 aliphatic rings. The standard InChI is InChI=1S/C9H14F2O3S/c10-9(11,15-14-13-12)5-8-4-6-1-2-7(8)3-6/h6-8,12H,1-5H2/p-1. The van der Waals surface area contributed by atoms with E-state index in [9.17, 15) is 14.0 Å². The highest BCUT2D eigenvalue weighted by Gasteiger charge is 2.45. The summed E-state index contributed by atoms with van der Waals surface area (Å²) < 4.78 is 30.1. The lowest BCUT2D eigenvalue weighted by Gasteiger charge is -2.25. The van der Waals surface area contributed by atoms with Gasteiger partial charge in [-0.3, -0.25) is 5.04 Å². The van der Waals surface area contributed by atoms with Gasteiger partial charge in [-0.25, -0.2) is 0 Å². The molecule has 88 valence electrons. The van der Waals surface area contributed by atoms with Crippen molar-refractivity contribution in [2.75, 3.05) is 0 Å². The van der Waals surface area contributed by atoms with Crippen LogP contribution in [0.2, 0.25) is 0 Å². The Balaban J connectivity index is 1.80. The SMILES string of the molecule is [O-]OOSC(F)(F)CC1CC2CCC1C2. The van der Waals surface area contributed by atoms with E-state index in [1.54, 1.807) is 0 Å². The molecule has 0 amide bonds. The first kappa shape index (κ1) is 11.6. The summed E-state index contributed by atoms with van der Waals surface area (Å²) in [5.41, 5.74) is 0. The maximum atomic E-state index is 13.2. The summed E-state index contributed by atoms with van der Waals surface area (Å²) >= 11 is -0.175. The second-order valence-electron chi connectivity index (χ2n) is 4.50. The van der Waals surface area contributed by atoms with E-state index in [1.165, 1.54) is 6.42 Å². The molecule has 0 saturated heterocycles. The molecule has 2 bridgehead atoms. The normalized spacial score (nSPS) is 35.0. The van der Waals surface area contributed by atoms with E-state index in [0.29, 0.717) is 11.8 Å². The van der Waals surface area contributed by atoms with E-state index in [4.69, 9.17) is 0 Å². The van der Waals surface area contributed by atoms with Crippen molar-refractivity contribution in [2.45, 2.75) is 37.4 Å². The molecule has 0 aromatic carbocycles. The molecule has 15 heavy (non-hydrogen) atoms. The zero-order valence-electron chi connectivity index (χ0n) is 8.16. The van der Waals surface area contributed by atoms with Crippen molar-refractivity contribution in [3.05, 3.63) is 0 Å². The van der Waals surface area contributed by atoms with Crippen LogP contribution >= 0.6 is 12.0 Å². The van der Waals surface area contributed by atoms with Crippen molar-refractivity contribution in [3.63, 3.8) is 0 Å². The molecule has 6 heteroatoms. The predicted octanol–water partition coefficient (Wildman–Crippen LogP) is 2.28. The van der Waals surface area contributed by atoms with Gasteiger partial charge in [-0.2, -0.15) is 13.1 Å². The van der Waals surface area contributed by atoms with Gasteiger partial charge >= 0.3 is 5.25 Å². The van der Waals surface area contributed by atoms with Gasteiger partial charge in [-0.05, 0) is 37.0 Å². The molecule has 2 fully saturated rings. The van der Waals surface area contributed by atoms with E-state index in [1.807, 2.05) is 0 Å². The van der Waals surface area contributed by atoms with Gasteiger partial charge in [0.2, 0.25) is 0 Å². The fourth-order valence-corrected chi connectivity index (χ4v) is 3.44. The van der Waals surface area contributed by atoms with Crippen LogP contribution in [0.4, 0.5) is 8.78 Å². The lowest BCUT2D eigenvalue weighted by atomic mass is 9.86. The van der Waals surface area contributed by atoms with Crippen LogP contribution in [0.1, 0.15) is 32.1 Å². The van der Waals surface area contributed by atoms with Crippen molar-refractivity contribution in [1.82, 2.24) is 0 Å². The Kier molecular flexibility index (Phi) is 3.49. The lowest BCUT2D eigenvalue weighted by Crippen LogP contribution is -2.22. The van der Waals surface area contributed by atoms with E-state index in [2.05, 4.69) is 9.37 Å². The predicted molar refractivity (Wildman–Crippen MR) is 48.3 cm³/mol. The van der Waals surface area contributed by atoms with Crippen LogP contribution in [0.5, 0.6) is 0 Å². The zero-order chi connectivity index (χ0) is 10.9. The third-order valence-electron chi connectivity index (χ3n) is 3.57. The van der Waals surface area contributed by atoms with Crippen LogP contribution < -0.4 is 5.26 Å². The van der Waals surface area contributed by atoms with E-state index >= 15 is 0 Å². The van der Waals surface area contributed by atoms with Crippen LogP contribution in [0, 0.1) is 17.8 Å². The second kappa shape index (κ2) is 4.53.